The van der Waals surface area contributed by atoms with Gasteiger partial charge in [0.1, 0.15) is 11.5 Å². The first kappa shape index (κ1) is 21.5. The molecule has 0 amide bonds. The van der Waals surface area contributed by atoms with Crippen molar-refractivity contribution in [2.45, 2.75) is 11.1 Å². The number of nitrogens with one attached hydrogen (secondary N) is 1. The molecule has 11 heteroatoms. The molecule has 32 heavy (non-hydrogen) atoms. The van der Waals surface area contributed by atoms with Crippen molar-refractivity contribution in [2.24, 2.45) is 0 Å². The molecule has 2 aromatic heterocycles. The molecule has 4 rings (SSSR count). The Bertz CT molecular complexity index is 1330. The van der Waals surface area contributed by atoms with Crippen LogP contribution in [0.2, 0.25) is 0 Å². The van der Waals surface area contributed by atoms with Crippen molar-refractivity contribution in [1.29, 1.82) is 0 Å². The lowest BCUT2D eigenvalue weighted by Crippen LogP contribution is -2.25. The lowest BCUT2D eigenvalue weighted by atomic mass is 10.1. The van der Waals surface area contributed by atoms with E-state index in [1.165, 1.54) is 49.8 Å². The van der Waals surface area contributed by atoms with Gasteiger partial charge in [-0.3, -0.25) is 0 Å². The smallest absolute Gasteiger partial charge is 0.435 e. The highest BCUT2D eigenvalue weighted by molar-refractivity contribution is 7.92. The number of furan rings is 1. The van der Waals surface area contributed by atoms with E-state index in [9.17, 15) is 21.6 Å². The molecule has 0 saturated carbocycles. The Labute approximate surface area is 181 Å². The number of rotatable bonds is 6. The predicted octanol–water partition coefficient (Wildman–Crippen LogP) is 4.77. The van der Waals surface area contributed by atoms with E-state index in [4.69, 9.17) is 9.15 Å². The minimum absolute atomic E-state index is 0.124. The van der Waals surface area contributed by atoms with E-state index in [1.54, 1.807) is 24.3 Å². The summed E-state index contributed by atoms with van der Waals surface area (Å²) in [7, 11) is -2.79. The van der Waals surface area contributed by atoms with Crippen LogP contribution in [0.3, 0.4) is 0 Å². The predicted molar refractivity (Wildman–Crippen MR) is 110 cm³/mol. The Balaban J connectivity index is 1.81. The summed E-state index contributed by atoms with van der Waals surface area (Å²) in [5.41, 5.74) is -0.553. The number of hydrogen-bond donors (Lipinski definition) is 1. The number of sulfonamides is 1. The Hall–Kier alpha value is -3.73. The quantitative estimate of drug-likeness (QED) is 0.445. The zero-order valence-corrected chi connectivity index (χ0v) is 17.3. The van der Waals surface area contributed by atoms with Crippen molar-refractivity contribution in [3.63, 3.8) is 0 Å². The van der Waals surface area contributed by atoms with Crippen LogP contribution in [0.25, 0.3) is 22.6 Å². The van der Waals surface area contributed by atoms with Gasteiger partial charge in [0, 0.05) is 5.56 Å². The maximum atomic E-state index is 13.4. The van der Waals surface area contributed by atoms with E-state index in [0.29, 0.717) is 21.9 Å². The van der Waals surface area contributed by atoms with Crippen LogP contribution in [0.5, 0.6) is 5.75 Å². The monoisotopic (exact) mass is 463 g/mol. The summed E-state index contributed by atoms with van der Waals surface area (Å²) in [6, 6.07) is 16.0. The van der Waals surface area contributed by atoms with Gasteiger partial charge < -0.3 is 9.15 Å². The summed E-state index contributed by atoms with van der Waals surface area (Å²) in [6.07, 6.45) is -3.30. The zero-order valence-electron chi connectivity index (χ0n) is 16.5. The third kappa shape index (κ3) is 4.19. The van der Waals surface area contributed by atoms with Gasteiger partial charge >= 0.3 is 6.18 Å². The molecule has 0 spiro atoms. The van der Waals surface area contributed by atoms with Gasteiger partial charge in [-0.2, -0.15) is 31.2 Å². The van der Waals surface area contributed by atoms with E-state index in [-0.39, 0.29) is 16.2 Å². The second-order valence-electron chi connectivity index (χ2n) is 6.62. The van der Waals surface area contributed by atoms with Gasteiger partial charge in [-0.1, -0.05) is 24.3 Å². The molecule has 7 nitrogen and oxygen atoms in total. The van der Waals surface area contributed by atoms with Crippen molar-refractivity contribution in [3.8, 4) is 28.3 Å². The Morgan fingerprint density at radius 2 is 1.78 bits per heavy atom. The van der Waals surface area contributed by atoms with Gasteiger partial charge in [0.15, 0.2) is 5.69 Å². The Morgan fingerprint density at radius 3 is 2.41 bits per heavy atom. The molecule has 0 saturated heterocycles. The van der Waals surface area contributed by atoms with Crippen LogP contribution in [0.15, 0.2) is 82.3 Å². The standard InChI is InChI=1S/C21H16F3N3O4S/c1-30-19-12-14(9-10-16(19)18-8-5-11-31-18)17-13-20(21(22,23)24)25-27(17)26-32(28,29)15-6-3-2-4-7-15/h2-13,26H,1H3. The third-order valence-corrected chi connectivity index (χ3v) is 5.85. The normalized spacial score (nSPS) is 12.0. The molecular formula is C21H16F3N3O4S. The van der Waals surface area contributed by atoms with Gasteiger partial charge in [-0.15, -0.1) is 5.10 Å². The lowest BCUT2D eigenvalue weighted by molar-refractivity contribution is -0.141. The molecule has 2 aromatic carbocycles. The molecule has 0 radical (unpaired) electrons. The van der Waals surface area contributed by atoms with Crippen LogP contribution in [-0.4, -0.2) is 25.4 Å². The zero-order chi connectivity index (χ0) is 22.9. The van der Waals surface area contributed by atoms with E-state index in [2.05, 4.69) is 9.93 Å². The molecule has 2 heterocycles. The van der Waals surface area contributed by atoms with Crippen LogP contribution < -0.4 is 9.57 Å². The molecule has 0 aliphatic carbocycles. The number of halogens is 3. The summed E-state index contributed by atoms with van der Waals surface area (Å²) < 4.78 is 76.2. The molecule has 0 atom stereocenters. The average molecular weight is 463 g/mol. The summed E-state index contributed by atoms with van der Waals surface area (Å²) in [4.78, 5) is 2.56. The van der Waals surface area contributed by atoms with E-state index in [0.717, 1.165) is 6.07 Å². The first-order valence-electron chi connectivity index (χ1n) is 9.16. The number of nitrogens with zero attached hydrogens (tertiary/aromatic N) is 2. The maximum absolute atomic E-state index is 13.4. The van der Waals surface area contributed by atoms with Crippen LogP contribution in [0.4, 0.5) is 13.2 Å². The number of aromatic nitrogens is 2. The van der Waals surface area contributed by atoms with Crippen molar-refractivity contribution in [2.75, 3.05) is 11.9 Å². The fourth-order valence-electron chi connectivity index (χ4n) is 3.05. The minimum Gasteiger partial charge on any atom is -0.496 e. The molecular weight excluding hydrogens is 447 g/mol. The SMILES string of the molecule is COc1cc(-c2cc(C(F)(F)F)nn2NS(=O)(=O)c2ccccc2)ccc1-c1ccco1. The summed E-state index contributed by atoms with van der Waals surface area (Å²) in [5.74, 6) is 0.826. The number of ether oxygens (including phenoxy) is 1. The molecule has 166 valence electrons. The highest BCUT2D eigenvalue weighted by Crippen LogP contribution is 2.36. The van der Waals surface area contributed by atoms with Gasteiger partial charge in [0.2, 0.25) is 0 Å². The second kappa shape index (κ2) is 8.08. The molecule has 0 aliphatic heterocycles. The highest BCUT2D eigenvalue weighted by atomic mass is 32.2. The topological polar surface area (TPSA) is 86.4 Å². The fourth-order valence-corrected chi connectivity index (χ4v) is 4.03. The van der Waals surface area contributed by atoms with Crippen molar-refractivity contribution in [3.05, 3.63) is 78.7 Å². The van der Waals surface area contributed by atoms with Crippen molar-refractivity contribution in [1.82, 2.24) is 9.89 Å². The van der Waals surface area contributed by atoms with Crippen LogP contribution in [-0.2, 0) is 16.2 Å². The Kier molecular flexibility index (Phi) is 5.43. The van der Waals surface area contributed by atoms with Gasteiger partial charge in [-0.05, 0) is 42.5 Å². The molecule has 0 fully saturated rings. The largest absolute Gasteiger partial charge is 0.496 e. The number of benzene rings is 2. The van der Waals surface area contributed by atoms with Gasteiger partial charge in [0.25, 0.3) is 10.0 Å². The van der Waals surface area contributed by atoms with Crippen molar-refractivity contribution < 1.29 is 30.7 Å². The summed E-state index contributed by atoms with van der Waals surface area (Å²) in [6.45, 7) is 0. The molecule has 0 aliphatic rings. The molecule has 1 N–H and O–H groups in total. The number of hydrogen-bond acceptors (Lipinski definition) is 5. The highest BCUT2D eigenvalue weighted by Gasteiger charge is 2.36. The Morgan fingerprint density at radius 1 is 1.03 bits per heavy atom. The number of alkyl halides is 3. The van der Waals surface area contributed by atoms with Crippen LogP contribution in [0, 0.1) is 0 Å². The van der Waals surface area contributed by atoms with E-state index < -0.39 is 21.9 Å². The summed E-state index contributed by atoms with van der Waals surface area (Å²) >= 11 is 0. The van der Waals surface area contributed by atoms with Crippen molar-refractivity contribution >= 4 is 10.0 Å². The molecule has 0 unspecified atom stereocenters. The van der Waals surface area contributed by atoms with E-state index in [1.807, 2.05) is 0 Å². The summed E-state index contributed by atoms with van der Waals surface area (Å²) in [5, 5.41) is 3.44. The van der Waals surface area contributed by atoms with Crippen LogP contribution in [0.1, 0.15) is 5.69 Å². The third-order valence-electron chi connectivity index (χ3n) is 4.54. The average Bonchev–Trinajstić information content (AvgIpc) is 3.44. The van der Waals surface area contributed by atoms with E-state index >= 15 is 0 Å². The first-order chi connectivity index (χ1) is 15.2. The maximum Gasteiger partial charge on any atom is 0.435 e. The minimum atomic E-state index is -4.78. The second-order valence-corrected chi connectivity index (χ2v) is 8.29. The first-order valence-corrected chi connectivity index (χ1v) is 10.6. The van der Waals surface area contributed by atoms with Gasteiger partial charge in [0.05, 0.1) is 29.5 Å². The van der Waals surface area contributed by atoms with Gasteiger partial charge in [-0.25, -0.2) is 0 Å². The molecule has 4 aromatic rings. The fraction of sp³-hybridized carbons (Fsp3) is 0.0952. The van der Waals surface area contributed by atoms with Crippen LogP contribution >= 0.6 is 0 Å². The lowest BCUT2D eigenvalue weighted by Gasteiger charge is -2.13. The number of methoxy groups -OCH3 is 1. The molecule has 0 bridgehead atoms.